The molecular weight excluding hydrogens is 338 g/mol. The average Bonchev–Trinajstić information content (AvgIpc) is 2.91. The average molecular weight is 350 g/mol. The maximum absolute atomic E-state index is 5.67. The van der Waals surface area contributed by atoms with Crippen LogP contribution in [0, 0.1) is 0 Å². The highest BCUT2D eigenvalue weighted by Crippen LogP contribution is 2.34. The number of hydrogen-bond donors (Lipinski definition) is 2. The lowest BCUT2D eigenvalue weighted by molar-refractivity contribution is 0.942. The van der Waals surface area contributed by atoms with Gasteiger partial charge in [0.1, 0.15) is 16.9 Å². The van der Waals surface area contributed by atoms with E-state index in [-0.39, 0.29) is 0 Å². The van der Waals surface area contributed by atoms with Crippen LogP contribution in [-0.2, 0) is 6.42 Å². The summed E-state index contributed by atoms with van der Waals surface area (Å²) < 4.78 is 1.04. The van der Waals surface area contributed by atoms with Crippen molar-refractivity contribution in [1.29, 1.82) is 0 Å². The molecule has 3 N–H and O–H groups in total. The molecule has 1 aromatic carbocycles. The molecule has 0 unspecified atom stereocenters. The Morgan fingerprint density at radius 1 is 1.25 bits per heavy atom. The van der Waals surface area contributed by atoms with E-state index in [1.807, 2.05) is 6.07 Å². The summed E-state index contributed by atoms with van der Waals surface area (Å²) in [7, 11) is 0. The zero-order chi connectivity index (χ0) is 13.9. The highest BCUT2D eigenvalue weighted by atomic mass is 79.9. The van der Waals surface area contributed by atoms with Crippen molar-refractivity contribution < 1.29 is 0 Å². The van der Waals surface area contributed by atoms with Gasteiger partial charge in [0.15, 0.2) is 5.65 Å². The van der Waals surface area contributed by atoms with Crippen LogP contribution in [0.15, 0.2) is 45.2 Å². The van der Waals surface area contributed by atoms with E-state index in [0.29, 0.717) is 12.2 Å². The first-order valence-corrected chi connectivity index (χ1v) is 7.69. The molecule has 2 heterocycles. The van der Waals surface area contributed by atoms with Gasteiger partial charge in [-0.25, -0.2) is 15.0 Å². The van der Waals surface area contributed by atoms with Crippen LogP contribution in [0.5, 0.6) is 0 Å². The number of imidazole rings is 1. The van der Waals surface area contributed by atoms with Gasteiger partial charge in [0.2, 0.25) is 0 Å². The monoisotopic (exact) mass is 349 g/mol. The maximum atomic E-state index is 5.67. The summed E-state index contributed by atoms with van der Waals surface area (Å²) in [5.41, 5.74) is 8.42. The van der Waals surface area contributed by atoms with Crippen LogP contribution in [0.25, 0.3) is 11.2 Å². The number of nitrogens with two attached hydrogens (primary N) is 1. The summed E-state index contributed by atoms with van der Waals surface area (Å²) in [5, 5.41) is 0.865. The van der Waals surface area contributed by atoms with E-state index in [1.54, 1.807) is 18.1 Å². The molecular formula is C13H12BrN5S. The highest BCUT2D eigenvalue weighted by molar-refractivity contribution is 9.10. The van der Waals surface area contributed by atoms with Gasteiger partial charge < -0.3 is 10.7 Å². The molecule has 2 aromatic heterocycles. The number of rotatable bonds is 4. The topological polar surface area (TPSA) is 80.5 Å². The molecule has 0 atom stereocenters. The number of nitrogens with zero attached hydrogens (tertiary/aromatic N) is 3. The van der Waals surface area contributed by atoms with Gasteiger partial charge in [-0.2, -0.15) is 0 Å². The third kappa shape index (κ3) is 2.70. The summed E-state index contributed by atoms with van der Waals surface area (Å²) in [4.78, 5) is 16.8. The number of benzene rings is 1. The van der Waals surface area contributed by atoms with E-state index in [0.717, 1.165) is 26.3 Å². The molecule has 3 aromatic rings. The predicted octanol–water partition coefficient (Wildman–Crippen LogP) is 2.77. The minimum atomic E-state index is 0.623. The van der Waals surface area contributed by atoms with Crippen molar-refractivity contribution in [1.82, 2.24) is 19.9 Å². The van der Waals surface area contributed by atoms with Gasteiger partial charge in [-0.3, -0.25) is 0 Å². The Hall–Kier alpha value is -1.44. The molecule has 0 bridgehead atoms. The second-order valence-corrected chi connectivity index (χ2v) is 6.12. The van der Waals surface area contributed by atoms with Crippen LogP contribution in [0.4, 0.5) is 0 Å². The van der Waals surface area contributed by atoms with Crippen LogP contribution in [0.2, 0.25) is 0 Å². The van der Waals surface area contributed by atoms with Gasteiger partial charge in [-0.15, -0.1) is 0 Å². The van der Waals surface area contributed by atoms with Gasteiger partial charge in [0.25, 0.3) is 0 Å². The number of aromatic amines is 1. The van der Waals surface area contributed by atoms with E-state index < -0.39 is 0 Å². The molecule has 3 rings (SSSR count). The number of hydrogen-bond acceptors (Lipinski definition) is 5. The van der Waals surface area contributed by atoms with E-state index >= 15 is 0 Å². The van der Waals surface area contributed by atoms with Crippen molar-refractivity contribution in [3.63, 3.8) is 0 Å². The van der Waals surface area contributed by atoms with Crippen molar-refractivity contribution >= 4 is 38.9 Å². The maximum Gasteiger partial charge on any atom is 0.181 e. The third-order valence-electron chi connectivity index (χ3n) is 2.84. The molecule has 0 aliphatic carbocycles. The first-order chi connectivity index (χ1) is 9.78. The minimum Gasteiger partial charge on any atom is -0.341 e. The number of halogens is 1. The first-order valence-electron chi connectivity index (χ1n) is 6.08. The summed E-state index contributed by atoms with van der Waals surface area (Å²) in [6.45, 7) is 0.623. The van der Waals surface area contributed by atoms with Crippen molar-refractivity contribution in [2.45, 2.75) is 16.3 Å². The molecule has 0 amide bonds. The molecule has 0 fully saturated rings. The zero-order valence-electron chi connectivity index (χ0n) is 10.5. The molecule has 0 aliphatic heterocycles. The van der Waals surface area contributed by atoms with Crippen LogP contribution in [0.1, 0.15) is 5.56 Å². The predicted molar refractivity (Wildman–Crippen MR) is 82.7 cm³/mol. The number of H-pyrrole nitrogens is 1. The molecule has 0 saturated carbocycles. The van der Waals surface area contributed by atoms with Crippen molar-refractivity contribution in [2.75, 3.05) is 6.54 Å². The van der Waals surface area contributed by atoms with E-state index in [9.17, 15) is 0 Å². The SMILES string of the molecule is NCCc1ccc(Br)cc1Sc1ncnc2nc[nH]c12. The summed E-state index contributed by atoms with van der Waals surface area (Å²) >= 11 is 5.10. The largest absolute Gasteiger partial charge is 0.341 e. The van der Waals surface area contributed by atoms with Gasteiger partial charge in [-0.05, 0) is 30.7 Å². The lowest BCUT2D eigenvalue weighted by atomic mass is 10.1. The Morgan fingerprint density at radius 2 is 2.15 bits per heavy atom. The molecule has 5 nitrogen and oxygen atoms in total. The van der Waals surface area contributed by atoms with Crippen LogP contribution < -0.4 is 5.73 Å². The summed E-state index contributed by atoms with van der Waals surface area (Å²) in [5.74, 6) is 0. The Kier molecular flexibility index (Phi) is 4.00. The standard InChI is InChI=1S/C13H12BrN5S/c14-9-2-1-8(3-4-15)10(5-9)20-13-11-12(17-6-16-11)18-7-19-13/h1-2,5-7H,3-4,15H2,(H,16,17,18,19). The van der Waals surface area contributed by atoms with Crippen molar-refractivity contribution in [3.05, 3.63) is 40.9 Å². The van der Waals surface area contributed by atoms with E-state index in [4.69, 9.17) is 5.73 Å². The van der Waals surface area contributed by atoms with Crippen LogP contribution >= 0.6 is 27.7 Å². The Labute approximate surface area is 128 Å². The van der Waals surface area contributed by atoms with Crippen LogP contribution in [0.3, 0.4) is 0 Å². The molecule has 0 radical (unpaired) electrons. The number of nitrogens with one attached hydrogen (secondary N) is 1. The Bertz CT molecular complexity index is 742. The van der Waals surface area contributed by atoms with Gasteiger partial charge in [-0.1, -0.05) is 33.8 Å². The number of aromatic nitrogens is 4. The fourth-order valence-electron chi connectivity index (χ4n) is 1.91. The van der Waals surface area contributed by atoms with Crippen molar-refractivity contribution in [2.24, 2.45) is 5.73 Å². The molecule has 7 heteroatoms. The molecule has 0 saturated heterocycles. The first kappa shape index (κ1) is 13.5. The normalized spacial score (nSPS) is 11.1. The molecule has 102 valence electrons. The van der Waals surface area contributed by atoms with Gasteiger partial charge in [0.05, 0.1) is 6.33 Å². The fourth-order valence-corrected chi connectivity index (χ4v) is 3.47. The highest BCUT2D eigenvalue weighted by Gasteiger charge is 2.10. The van der Waals surface area contributed by atoms with Gasteiger partial charge >= 0.3 is 0 Å². The minimum absolute atomic E-state index is 0.623. The summed E-state index contributed by atoms with van der Waals surface area (Å²) in [6, 6.07) is 6.20. The smallest absolute Gasteiger partial charge is 0.181 e. The molecule has 20 heavy (non-hydrogen) atoms. The van der Waals surface area contributed by atoms with E-state index in [1.165, 1.54) is 11.9 Å². The second-order valence-electron chi connectivity index (χ2n) is 4.17. The summed E-state index contributed by atoms with van der Waals surface area (Å²) in [6.07, 6.45) is 4.00. The molecule has 0 spiro atoms. The lowest BCUT2D eigenvalue weighted by Gasteiger charge is -2.08. The third-order valence-corrected chi connectivity index (χ3v) is 4.43. The zero-order valence-corrected chi connectivity index (χ0v) is 12.9. The second kappa shape index (κ2) is 5.90. The Balaban J connectivity index is 2.02. The Morgan fingerprint density at radius 3 is 3.00 bits per heavy atom. The number of fused-ring (bicyclic) bond motifs is 1. The molecule has 0 aliphatic rings. The van der Waals surface area contributed by atoms with Crippen LogP contribution in [-0.4, -0.2) is 26.5 Å². The van der Waals surface area contributed by atoms with E-state index in [2.05, 4.69) is 48.0 Å². The quantitative estimate of drug-likeness (QED) is 0.708. The van der Waals surface area contributed by atoms with Crippen molar-refractivity contribution in [3.8, 4) is 0 Å². The fraction of sp³-hybridized carbons (Fsp3) is 0.154. The lowest BCUT2D eigenvalue weighted by Crippen LogP contribution is -2.03. The van der Waals surface area contributed by atoms with Gasteiger partial charge in [0, 0.05) is 9.37 Å².